The molecule has 0 fully saturated rings. The Morgan fingerprint density at radius 3 is 2.52 bits per heavy atom. The molecule has 0 unspecified atom stereocenters. The summed E-state index contributed by atoms with van der Waals surface area (Å²) in [6.07, 6.45) is -2.41. The average molecular weight is 304 g/mol. The molecule has 0 aliphatic heterocycles. The number of alkyl carbamates (subject to hydrolysis) is 1. The number of nitrogens with one attached hydrogen (secondary N) is 1. The predicted octanol–water partition coefficient (Wildman–Crippen LogP) is 3.72. The number of carbonyl (C=O) groups excluding carboxylic acids is 1. The van der Waals surface area contributed by atoms with Gasteiger partial charge in [0.05, 0.1) is 0 Å². The van der Waals surface area contributed by atoms with Gasteiger partial charge in [-0.15, -0.1) is 6.58 Å². The van der Waals surface area contributed by atoms with Gasteiger partial charge in [0.2, 0.25) is 0 Å². The second-order valence-electron chi connectivity index (χ2n) is 5.53. The zero-order valence-corrected chi connectivity index (χ0v) is 12.3. The summed E-state index contributed by atoms with van der Waals surface area (Å²) in [5.41, 5.74) is -1.09. The molecule has 0 aliphatic carbocycles. The monoisotopic (exact) mass is 304 g/mol. The summed E-state index contributed by atoms with van der Waals surface area (Å²) < 4.78 is 44.6. The first-order valence-electron chi connectivity index (χ1n) is 6.37. The van der Waals surface area contributed by atoms with E-state index in [0.29, 0.717) is 5.56 Å². The van der Waals surface area contributed by atoms with Crippen molar-refractivity contribution in [1.82, 2.24) is 9.88 Å². The smallest absolute Gasteiger partial charge is 0.431 e. The summed E-state index contributed by atoms with van der Waals surface area (Å²) in [5.74, 6) is 0. The van der Waals surface area contributed by atoms with Crippen molar-refractivity contribution in [2.24, 2.45) is 0 Å². The average Bonchev–Trinajstić information content (AvgIpc) is 2.67. The molecule has 1 rings (SSSR count). The highest BCUT2D eigenvalue weighted by Gasteiger charge is 2.34. The Hall–Kier alpha value is -1.92. The number of carbonyl (C=O) groups is 1. The van der Waals surface area contributed by atoms with Crippen molar-refractivity contribution in [2.75, 3.05) is 0 Å². The van der Waals surface area contributed by atoms with E-state index < -0.39 is 23.6 Å². The summed E-state index contributed by atoms with van der Waals surface area (Å²) in [6.45, 7) is 8.54. The molecule has 4 nitrogen and oxygen atoms in total. The molecular formula is C14H19F3N2O2. The first-order valence-corrected chi connectivity index (χ1v) is 6.37. The Morgan fingerprint density at radius 2 is 2.05 bits per heavy atom. The van der Waals surface area contributed by atoms with Crippen LogP contribution in [0.3, 0.4) is 0 Å². The van der Waals surface area contributed by atoms with Crippen LogP contribution in [0.15, 0.2) is 24.9 Å². The lowest BCUT2D eigenvalue weighted by Gasteiger charge is -2.19. The molecule has 0 bridgehead atoms. The van der Waals surface area contributed by atoms with Gasteiger partial charge < -0.3 is 14.6 Å². The Bertz CT molecular complexity index is 513. The molecule has 0 spiro atoms. The second kappa shape index (κ2) is 6.24. The fourth-order valence-corrected chi connectivity index (χ4v) is 1.69. The molecule has 1 heterocycles. The summed E-state index contributed by atoms with van der Waals surface area (Å²) in [4.78, 5) is 11.5. The molecule has 1 aromatic heterocycles. The maximum atomic E-state index is 12.8. The molecule has 0 aliphatic rings. The van der Waals surface area contributed by atoms with Gasteiger partial charge in [0.15, 0.2) is 0 Å². The lowest BCUT2D eigenvalue weighted by Crippen LogP contribution is -2.32. The number of hydrogen-bond acceptors (Lipinski definition) is 2. The van der Waals surface area contributed by atoms with Gasteiger partial charge in [-0.3, -0.25) is 0 Å². The molecule has 0 radical (unpaired) electrons. The quantitative estimate of drug-likeness (QED) is 0.862. The van der Waals surface area contributed by atoms with E-state index in [-0.39, 0.29) is 13.1 Å². The van der Waals surface area contributed by atoms with Gasteiger partial charge in [-0.1, -0.05) is 6.08 Å². The number of amides is 1. The van der Waals surface area contributed by atoms with Gasteiger partial charge in [-0.2, -0.15) is 13.2 Å². The normalized spacial score (nSPS) is 12.1. The van der Waals surface area contributed by atoms with Crippen molar-refractivity contribution < 1.29 is 22.7 Å². The lowest BCUT2D eigenvalue weighted by atomic mass is 10.2. The second-order valence-corrected chi connectivity index (χ2v) is 5.53. The standard InChI is InChI=1S/C14H19F3N2O2/c1-5-6-19-9-10(7-11(19)14(15,16)17)8-18-12(20)21-13(2,3)4/h5,7,9H,1,6,8H2,2-4H3,(H,18,20). The Labute approximate surface area is 121 Å². The molecule has 0 saturated carbocycles. The molecule has 1 N–H and O–H groups in total. The molecule has 118 valence electrons. The number of nitrogens with zero attached hydrogens (tertiary/aromatic N) is 1. The Morgan fingerprint density at radius 1 is 1.43 bits per heavy atom. The molecule has 0 aromatic carbocycles. The third-order valence-electron chi connectivity index (χ3n) is 2.41. The Kier molecular flexibility index (Phi) is 5.09. The summed E-state index contributed by atoms with van der Waals surface area (Å²) in [5, 5.41) is 2.42. The SMILES string of the molecule is C=CCn1cc(CNC(=O)OC(C)(C)C)cc1C(F)(F)F. The summed E-state index contributed by atoms with van der Waals surface area (Å²) >= 11 is 0. The van der Waals surface area contributed by atoms with Crippen LogP contribution in [0.1, 0.15) is 32.0 Å². The van der Waals surface area contributed by atoms with Gasteiger partial charge >= 0.3 is 12.3 Å². The fourth-order valence-electron chi connectivity index (χ4n) is 1.69. The van der Waals surface area contributed by atoms with Crippen LogP contribution < -0.4 is 5.32 Å². The maximum absolute atomic E-state index is 12.8. The largest absolute Gasteiger partial charge is 0.444 e. The highest BCUT2D eigenvalue weighted by atomic mass is 19.4. The summed E-state index contributed by atoms with van der Waals surface area (Å²) in [7, 11) is 0. The van der Waals surface area contributed by atoms with Crippen molar-refractivity contribution in [1.29, 1.82) is 0 Å². The van der Waals surface area contributed by atoms with Crippen molar-refractivity contribution >= 4 is 6.09 Å². The third kappa shape index (κ3) is 5.53. The predicted molar refractivity (Wildman–Crippen MR) is 72.7 cm³/mol. The van der Waals surface area contributed by atoms with Crippen LogP contribution >= 0.6 is 0 Å². The highest BCUT2D eigenvalue weighted by Crippen LogP contribution is 2.30. The van der Waals surface area contributed by atoms with Crippen LogP contribution in [0.5, 0.6) is 0 Å². The van der Waals surface area contributed by atoms with Crippen LogP contribution in [-0.2, 0) is 24.0 Å². The van der Waals surface area contributed by atoms with Crippen LogP contribution in [0.2, 0.25) is 0 Å². The van der Waals surface area contributed by atoms with E-state index in [4.69, 9.17) is 4.74 Å². The zero-order chi connectivity index (χ0) is 16.3. The van der Waals surface area contributed by atoms with E-state index in [1.807, 2.05) is 0 Å². The fraction of sp³-hybridized carbons (Fsp3) is 0.500. The van der Waals surface area contributed by atoms with Gasteiger partial charge in [0, 0.05) is 19.3 Å². The Balaban J connectivity index is 2.77. The number of alkyl halides is 3. The maximum Gasteiger partial charge on any atom is 0.431 e. The highest BCUT2D eigenvalue weighted by molar-refractivity contribution is 5.67. The number of aromatic nitrogens is 1. The van der Waals surface area contributed by atoms with Crippen LogP contribution in [0.4, 0.5) is 18.0 Å². The lowest BCUT2D eigenvalue weighted by molar-refractivity contribution is -0.143. The first kappa shape index (κ1) is 17.1. The van der Waals surface area contributed by atoms with E-state index in [1.54, 1.807) is 20.8 Å². The van der Waals surface area contributed by atoms with Gasteiger partial charge in [-0.25, -0.2) is 4.79 Å². The molecular weight excluding hydrogens is 285 g/mol. The molecule has 7 heteroatoms. The topological polar surface area (TPSA) is 43.3 Å². The minimum Gasteiger partial charge on any atom is -0.444 e. The van der Waals surface area contributed by atoms with E-state index in [2.05, 4.69) is 11.9 Å². The van der Waals surface area contributed by atoms with E-state index in [9.17, 15) is 18.0 Å². The number of halogens is 3. The van der Waals surface area contributed by atoms with Gasteiger partial charge in [0.1, 0.15) is 11.3 Å². The van der Waals surface area contributed by atoms with Crippen LogP contribution in [-0.4, -0.2) is 16.3 Å². The summed E-state index contributed by atoms with van der Waals surface area (Å²) in [6, 6.07) is 1.00. The number of hydrogen-bond donors (Lipinski definition) is 1. The van der Waals surface area contributed by atoms with Crippen molar-refractivity contribution in [3.63, 3.8) is 0 Å². The molecule has 1 aromatic rings. The zero-order valence-electron chi connectivity index (χ0n) is 12.3. The van der Waals surface area contributed by atoms with Crippen molar-refractivity contribution in [2.45, 2.75) is 45.6 Å². The van der Waals surface area contributed by atoms with Crippen LogP contribution in [0.25, 0.3) is 0 Å². The minimum absolute atomic E-state index is 0.0395. The third-order valence-corrected chi connectivity index (χ3v) is 2.41. The van der Waals surface area contributed by atoms with E-state index in [0.717, 1.165) is 10.6 Å². The number of allylic oxidation sites excluding steroid dienone is 1. The van der Waals surface area contributed by atoms with Gasteiger partial charge in [-0.05, 0) is 32.4 Å². The van der Waals surface area contributed by atoms with Gasteiger partial charge in [0.25, 0.3) is 0 Å². The minimum atomic E-state index is -4.45. The van der Waals surface area contributed by atoms with Crippen molar-refractivity contribution in [3.05, 3.63) is 36.2 Å². The van der Waals surface area contributed by atoms with E-state index >= 15 is 0 Å². The molecule has 1 amide bonds. The van der Waals surface area contributed by atoms with Crippen molar-refractivity contribution in [3.8, 4) is 0 Å². The molecule has 0 saturated heterocycles. The van der Waals surface area contributed by atoms with E-state index in [1.165, 1.54) is 12.3 Å². The number of ether oxygens (including phenoxy) is 1. The molecule has 21 heavy (non-hydrogen) atoms. The molecule has 0 atom stereocenters. The first-order chi connectivity index (χ1) is 9.53. The van der Waals surface area contributed by atoms with Crippen LogP contribution in [0, 0.1) is 0 Å². The number of rotatable bonds is 4.